The molecule has 0 aliphatic heterocycles. The second-order valence-electron chi connectivity index (χ2n) is 3.21. The summed E-state index contributed by atoms with van der Waals surface area (Å²) in [6, 6.07) is 0. The Morgan fingerprint density at radius 3 is 2.73 bits per heavy atom. The molecule has 0 fully saturated rings. The number of hydrogen-bond donors (Lipinski definition) is 2. The van der Waals surface area contributed by atoms with E-state index in [4.69, 9.17) is 5.11 Å². The molecule has 0 radical (unpaired) electrons. The van der Waals surface area contributed by atoms with E-state index in [1.807, 2.05) is 0 Å². The highest BCUT2D eigenvalue weighted by Gasteiger charge is 2.00. The van der Waals surface area contributed by atoms with E-state index in [1.165, 1.54) is 10.8 Å². The van der Waals surface area contributed by atoms with Crippen LogP contribution in [-0.4, -0.2) is 21.3 Å². The maximum Gasteiger partial charge on any atom is 0.328 e. The standard InChI is InChI=1S/C9H13BrN2O3/c10-7-6-12(4-2-1-3-5-13)9(15)11-8(7)14/h6,13H,1-5H2,(H,11,14,15). The molecule has 6 heteroatoms. The molecule has 0 unspecified atom stereocenters. The van der Waals surface area contributed by atoms with E-state index in [0.29, 0.717) is 11.0 Å². The summed E-state index contributed by atoms with van der Waals surface area (Å²) in [7, 11) is 0. The van der Waals surface area contributed by atoms with Crippen LogP contribution < -0.4 is 11.2 Å². The highest BCUT2D eigenvalue weighted by atomic mass is 79.9. The lowest BCUT2D eigenvalue weighted by atomic mass is 10.2. The molecular formula is C9H13BrN2O3. The Balaban J connectivity index is 2.66. The number of rotatable bonds is 5. The van der Waals surface area contributed by atoms with Gasteiger partial charge in [-0.05, 0) is 35.2 Å². The molecule has 0 aliphatic carbocycles. The second kappa shape index (κ2) is 5.87. The second-order valence-corrected chi connectivity index (χ2v) is 4.07. The van der Waals surface area contributed by atoms with Crippen LogP contribution >= 0.6 is 15.9 Å². The topological polar surface area (TPSA) is 75.1 Å². The van der Waals surface area contributed by atoms with Crippen molar-refractivity contribution in [2.45, 2.75) is 25.8 Å². The Kier molecular flexibility index (Phi) is 4.77. The van der Waals surface area contributed by atoms with Crippen LogP contribution in [0, 0.1) is 0 Å². The first-order valence-electron chi connectivity index (χ1n) is 4.75. The van der Waals surface area contributed by atoms with Gasteiger partial charge in [0.05, 0.1) is 4.47 Å². The Bertz CT molecular complexity index is 424. The van der Waals surface area contributed by atoms with Crippen LogP contribution in [0.25, 0.3) is 0 Å². The zero-order valence-electron chi connectivity index (χ0n) is 8.20. The van der Waals surface area contributed by atoms with Crippen LogP contribution in [0.4, 0.5) is 0 Å². The summed E-state index contributed by atoms with van der Waals surface area (Å²) in [5.74, 6) is 0. The summed E-state index contributed by atoms with van der Waals surface area (Å²) in [6.45, 7) is 0.721. The molecule has 0 atom stereocenters. The molecule has 0 saturated heterocycles. The van der Waals surface area contributed by atoms with Gasteiger partial charge < -0.3 is 5.11 Å². The maximum absolute atomic E-state index is 11.3. The maximum atomic E-state index is 11.3. The quantitative estimate of drug-likeness (QED) is 0.768. The first-order chi connectivity index (χ1) is 7.15. The molecule has 5 nitrogen and oxygen atoms in total. The average Bonchev–Trinajstić information content (AvgIpc) is 2.20. The van der Waals surface area contributed by atoms with Crippen molar-refractivity contribution in [2.75, 3.05) is 6.61 Å². The van der Waals surface area contributed by atoms with Crippen molar-refractivity contribution < 1.29 is 5.11 Å². The van der Waals surface area contributed by atoms with Gasteiger partial charge in [-0.1, -0.05) is 0 Å². The van der Waals surface area contributed by atoms with Crippen molar-refractivity contribution in [3.63, 3.8) is 0 Å². The number of nitrogens with one attached hydrogen (secondary N) is 1. The van der Waals surface area contributed by atoms with Gasteiger partial charge in [0, 0.05) is 19.3 Å². The Labute approximate surface area is 94.9 Å². The third-order valence-corrected chi connectivity index (χ3v) is 2.59. The molecule has 2 N–H and O–H groups in total. The number of aliphatic hydroxyl groups is 1. The minimum Gasteiger partial charge on any atom is -0.396 e. The van der Waals surface area contributed by atoms with Gasteiger partial charge >= 0.3 is 5.69 Å². The first kappa shape index (κ1) is 12.2. The number of aryl methyl sites for hydroxylation is 1. The summed E-state index contributed by atoms with van der Waals surface area (Å²) in [4.78, 5) is 24.5. The number of halogens is 1. The van der Waals surface area contributed by atoms with E-state index >= 15 is 0 Å². The molecule has 1 aromatic rings. The predicted octanol–water partition coefficient (Wildman–Crippen LogP) is 0.462. The number of nitrogens with zero attached hydrogens (tertiary/aromatic N) is 1. The van der Waals surface area contributed by atoms with Crippen LogP contribution in [0.15, 0.2) is 20.3 Å². The van der Waals surface area contributed by atoms with Crippen molar-refractivity contribution in [3.05, 3.63) is 31.5 Å². The number of aromatic nitrogens is 2. The van der Waals surface area contributed by atoms with Gasteiger partial charge in [-0.25, -0.2) is 4.79 Å². The lowest BCUT2D eigenvalue weighted by Crippen LogP contribution is -2.29. The predicted molar refractivity (Wildman–Crippen MR) is 60.0 cm³/mol. The minimum absolute atomic E-state index is 0.171. The molecule has 0 amide bonds. The minimum atomic E-state index is -0.411. The molecule has 15 heavy (non-hydrogen) atoms. The lowest BCUT2D eigenvalue weighted by molar-refractivity contribution is 0.281. The Morgan fingerprint density at radius 2 is 2.07 bits per heavy atom. The summed E-state index contributed by atoms with van der Waals surface area (Å²) in [5, 5.41) is 8.58. The molecule has 1 heterocycles. The highest BCUT2D eigenvalue weighted by Crippen LogP contribution is 2.00. The molecule has 1 aromatic heterocycles. The van der Waals surface area contributed by atoms with Crippen LogP contribution in [0.1, 0.15) is 19.3 Å². The highest BCUT2D eigenvalue weighted by molar-refractivity contribution is 9.10. The first-order valence-corrected chi connectivity index (χ1v) is 5.54. The molecule has 0 saturated carbocycles. The fourth-order valence-corrected chi connectivity index (χ4v) is 1.57. The molecule has 84 valence electrons. The van der Waals surface area contributed by atoms with Gasteiger partial charge in [-0.15, -0.1) is 0 Å². The fourth-order valence-electron chi connectivity index (χ4n) is 1.22. The summed E-state index contributed by atoms with van der Waals surface area (Å²) in [5.41, 5.74) is -0.807. The van der Waals surface area contributed by atoms with Crippen LogP contribution in [0.2, 0.25) is 0 Å². The Hall–Kier alpha value is -0.880. The van der Waals surface area contributed by atoms with Gasteiger partial charge in [0.25, 0.3) is 5.56 Å². The van der Waals surface area contributed by atoms with E-state index in [1.54, 1.807) is 0 Å². The largest absolute Gasteiger partial charge is 0.396 e. The smallest absolute Gasteiger partial charge is 0.328 e. The zero-order chi connectivity index (χ0) is 11.3. The summed E-state index contributed by atoms with van der Waals surface area (Å²) < 4.78 is 1.80. The summed E-state index contributed by atoms with van der Waals surface area (Å²) >= 11 is 3.06. The van der Waals surface area contributed by atoms with Gasteiger partial charge in [0.15, 0.2) is 0 Å². The van der Waals surface area contributed by atoms with Crippen molar-refractivity contribution in [2.24, 2.45) is 0 Å². The van der Waals surface area contributed by atoms with E-state index in [2.05, 4.69) is 20.9 Å². The van der Waals surface area contributed by atoms with Crippen molar-refractivity contribution >= 4 is 15.9 Å². The van der Waals surface area contributed by atoms with E-state index in [9.17, 15) is 9.59 Å². The number of aliphatic hydroxyl groups excluding tert-OH is 1. The van der Waals surface area contributed by atoms with Crippen LogP contribution in [0.5, 0.6) is 0 Å². The van der Waals surface area contributed by atoms with Crippen molar-refractivity contribution in [1.29, 1.82) is 0 Å². The van der Waals surface area contributed by atoms with E-state index < -0.39 is 11.2 Å². The monoisotopic (exact) mass is 276 g/mol. The molecule has 0 aliphatic rings. The SMILES string of the molecule is O=c1[nH]c(=O)n(CCCCCO)cc1Br. The van der Waals surface area contributed by atoms with Crippen molar-refractivity contribution in [3.8, 4) is 0 Å². The van der Waals surface area contributed by atoms with Gasteiger partial charge in [0.2, 0.25) is 0 Å². The molecule has 0 spiro atoms. The van der Waals surface area contributed by atoms with Crippen LogP contribution in [-0.2, 0) is 6.54 Å². The number of unbranched alkanes of at least 4 members (excludes halogenated alkanes) is 2. The number of hydrogen-bond acceptors (Lipinski definition) is 3. The Morgan fingerprint density at radius 1 is 1.33 bits per heavy atom. The average molecular weight is 277 g/mol. The summed E-state index contributed by atoms with van der Waals surface area (Å²) in [6.07, 6.45) is 3.89. The molecule has 0 aromatic carbocycles. The van der Waals surface area contributed by atoms with Crippen LogP contribution in [0.3, 0.4) is 0 Å². The third kappa shape index (κ3) is 3.64. The molecular weight excluding hydrogens is 264 g/mol. The molecule has 0 bridgehead atoms. The third-order valence-electron chi connectivity index (χ3n) is 2.02. The number of aromatic amines is 1. The fraction of sp³-hybridized carbons (Fsp3) is 0.556. The lowest BCUT2D eigenvalue weighted by Gasteiger charge is -2.04. The van der Waals surface area contributed by atoms with E-state index in [-0.39, 0.29) is 6.61 Å². The van der Waals surface area contributed by atoms with E-state index in [0.717, 1.165) is 19.3 Å². The van der Waals surface area contributed by atoms with Gasteiger partial charge in [0.1, 0.15) is 0 Å². The van der Waals surface area contributed by atoms with Gasteiger partial charge in [-0.3, -0.25) is 14.3 Å². The number of H-pyrrole nitrogens is 1. The van der Waals surface area contributed by atoms with Crippen molar-refractivity contribution in [1.82, 2.24) is 9.55 Å². The molecule has 1 rings (SSSR count). The van der Waals surface area contributed by atoms with Gasteiger partial charge in [-0.2, -0.15) is 0 Å². The normalized spacial score (nSPS) is 10.5. The zero-order valence-corrected chi connectivity index (χ0v) is 9.79.